The van der Waals surface area contributed by atoms with Gasteiger partial charge < -0.3 is 5.32 Å². The predicted octanol–water partition coefficient (Wildman–Crippen LogP) is 3.79. The summed E-state index contributed by atoms with van der Waals surface area (Å²) in [4.78, 5) is 12.2. The Labute approximate surface area is 141 Å². The van der Waals surface area contributed by atoms with Crippen molar-refractivity contribution in [3.8, 4) is 0 Å². The first kappa shape index (κ1) is 15.7. The zero-order valence-corrected chi connectivity index (χ0v) is 13.1. The third kappa shape index (κ3) is 2.86. The molecule has 4 nitrogen and oxygen atoms in total. The summed E-state index contributed by atoms with van der Waals surface area (Å²) in [6.07, 6.45) is 3.89. The maximum Gasteiger partial charge on any atom is 0.251 e. The lowest BCUT2D eigenvalue weighted by atomic mass is 9.99. The van der Waals surface area contributed by atoms with E-state index in [-0.39, 0.29) is 12.1 Å². The van der Waals surface area contributed by atoms with Crippen molar-refractivity contribution in [2.75, 3.05) is 0 Å². The number of aromatic amines is 1. The van der Waals surface area contributed by atoms with Crippen LogP contribution in [0.5, 0.6) is 0 Å². The molecule has 3 aromatic rings. The molecule has 7 heteroatoms. The highest BCUT2D eigenvalue weighted by Gasteiger charge is 2.27. The molecule has 0 unspecified atom stereocenters. The Bertz CT molecular complexity index is 956. The molecule has 0 bridgehead atoms. The number of nitrogens with zero attached hydrogens (tertiary/aromatic N) is 1. The first-order chi connectivity index (χ1) is 12.0. The van der Waals surface area contributed by atoms with Crippen molar-refractivity contribution in [3.05, 3.63) is 64.6 Å². The standard InChI is InChI=1S/C18H14F3N3O/c19-14-5-10(6-15(20)17(14)21)18(25)22-7-12-11(9-1-2-9)3-4-16-13(12)8-23-24-16/h3-6,8-9H,1-2,7H2,(H,22,25)(H,23,24). The molecule has 25 heavy (non-hydrogen) atoms. The zero-order valence-electron chi connectivity index (χ0n) is 13.1. The van der Waals surface area contributed by atoms with E-state index in [1.54, 1.807) is 6.20 Å². The van der Waals surface area contributed by atoms with Crippen molar-refractivity contribution in [2.24, 2.45) is 0 Å². The Kier molecular flexibility index (Phi) is 3.71. The lowest BCUT2D eigenvalue weighted by Crippen LogP contribution is -2.24. The molecule has 2 N–H and O–H groups in total. The average molecular weight is 345 g/mol. The second-order valence-electron chi connectivity index (χ2n) is 6.18. The van der Waals surface area contributed by atoms with Crippen LogP contribution in [0, 0.1) is 17.5 Å². The maximum absolute atomic E-state index is 13.3. The van der Waals surface area contributed by atoms with Gasteiger partial charge in [0.05, 0.1) is 11.7 Å². The Morgan fingerprint density at radius 3 is 2.60 bits per heavy atom. The molecule has 0 spiro atoms. The lowest BCUT2D eigenvalue weighted by Gasteiger charge is -2.12. The molecule has 1 aromatic heterocycles. The molecule has 1 fully saturated rings. The van der Waals surface area contributed by atoms with E-state index in [2.05, 4.69) is 15.5 Å². The third-order valence-corrected chi connectivity index (χ3v) is 4.46. The second kappa shape index (κ2) is 5.91. The SMILES string of the molecule is O=C(NCc1c(C2CC2)ccc2[nH]ncc12)c1cc(F)c(F)c(F)c1. The van der Waals surface area contributed by atoms with Crippen molar-refractivity contribution in [2.45, 2.75) is 25.3 Å². The molecule has 0 atom stereocenters. The largest absolute Gasteiger partial charge is 0.348 e. The average Bonchev–Trinajstić information content (AvgIpc) is 3.33. The highest BCUT2D eigenvalue weighted by Crippen LogP contribution is 2.43. The van der Waals surface area contributed by atoms with Gasteiger partial charge in [-0.05, 0) is 48.1 Å². The fourth-order valence-corrected chi connectivity index (χ4v) is 3.02. The molecular formula is C18H14F3N3O. The van der Waals surface area contributed by atoms with Crippen LogP contribution in [0.25, 0.3) is 10.9 Å². The van der Waals surface area contributed by atoms with E-state index in [9.17, 15) is 18.0 Å². The molecule has 0 radical (unpaired) electrons. The number of carbonyl (C=O) groups excluding carboxylic acids is 1. The molecule has 1 aliphatic carbocycles. The number of benzene rings is 2. The number of hydrogen-bond donors (Lipinski definition) is 2. The molecule has 0 aliphatic heterocycles. The van der Waals surface area contributed by atoms with Crippen LogP contribution in [0.3, 0.4) is 0 Å². The molecule has 4 rings (SSSR count). The fraction of sp³-hybridized carbons (Fsp3) is 0.222. The van der Waals surface area contributed by atoms with Crippen molar-refractivity contribution in [1.29, 1.82) is 0 Å². The van der Waals surface area contributed by atoms with Gasteiger partial charge in [0.1, 0.15) is 0 Å². The van der Waals surface area contributed by atoms with Crippen molar-refractivity contribution < 1.29 is 18.0 Å². The molecular weight excluding hydrogens is 331 g/mol. The molecule has 1 amide bonds. The number of carbonyl (C=O) groups is 1. The van der Waals surface area contributed by atoms with Gasteiger partial charge in [-0.25, -0.2) is 13.2 Å². The number of fused-ring (bicyclic) bond motifs is 1. The van der Waals surface area contributed by atoms with E-state index in [4.69, 9.17) is 0 Å². The number of halogens is 3. The van der Waals surface area contributed by atoms with Gasteiger partial charge in [0.25, 0.3) is 5.91 Å². The van der Waals surface area contributed by atoms with Gasteiger partial charge in [0.15, 0.2) is 17.5 Å². The monoisotopic (exact) mass is 345 g/mol. The third-order valence-electron chi connectivity index (χ3n) is 4.46. The Morgan fingerprint density at radius 2 is 1.92 bits per heavy atom. The van der Waals surface area contributed by atoms with Crippen LogP contribution < -0.4 is 5.32 Å². The summed E-state index contributed by atoms with van der Waals surface area (Å²) in [5.41, 5.74) is 2.67. The van der Waals surface area contributed by atoms with E-state index >= 15 is 0 Å². The van der Waals surface area contributed by atoms with Crippen molar-refractivity contribution in [1.82, 2.24) is 15.5 Å². The van der Waals surface area contributed by atoms with Crippen molar-refractivity contribution >= 4 is 16.8 Å². The normalized spacial score (nSPS) is 14.0. The predicted molar refractivity (Wildman–Crippen MR) is 85.6 cm³/mol. The van der Waals surface area contributed by atoms with Gasteiger partial charge in [-0.3, -0.25) is 9.89 Å². The quantitative estimate of drug-likeness (QED) is 0.707. The first-order valence-electron chi connectivity index (χ1n) is 7.92. The van der Waals surface area contributed by atoms with Crippen LogP contribution in [-0.4, -0.2) is 16.1 Å². The fourth-order valence-electron chi connectivity index (χ4n) is 3.02. The Balaban J connectivity index is 1.61. The molecule has 1 saturated carbocycles. The summed E-state index contributed by atoms with van der Waals surface area (Å²) < 4.78 is 39.6. The van der Waals surface area contributed by atoms with Crippen LogP contribution in [0.15, 0.2) is 30.5 Å². The van der Waals surface area contributed by atoms with E-state index < -0.39 is 23.4 Å². The van der Waals surface area contributed by atoms with Gasteiger partial charge in [0, 0.05) is 17.5 Å². The number of nitrogens with one attached hydrogen (secondary N) is 2. The molecule has 0 saturated heterocycles. The molecule has 128 valence electrons. The number of rotatable bonds is 4. The molecule has 2 aromatic carbocycles. The number of aromatic nitrogens is 2. The van der Waals surface area contributed by atoms with E-state index in [0.717, 1.165) is 34.9 Å². The maximum atomic E-state index is 13.3. The zero-order chi connectivity index (χ0) is 17.6. The van der Waals surface area contributed by atoms with Gasteiger partial charge in [-0.1, -0.05) is 6.07 Å². The van der Waals surface area contributed by atoms with Crippen LogP contribution in [0.2, 0.25) is 0 Å². The number of H-pyrrole nitrogens is 1. The highest BCUT2D eigenvalue weighted by atomic mass is 19.2. The minimum Gasteiger partial charge on any atom is -0.348 e. The number of hydrogen-bond acceptors (Lipinski definition) is 2. The molecule has 1 heterocycles. The van der Waals surface area contributed by atoms with Gasteiger partial charge in [-0.2, -0.15) is 5.10 Å². The van der Waals surface area contributed by atoms with E-state index in [1.165, 1.54) is 0 Å². The Hall–Kier alpha value is -2.83. The lowest BCUT2D eigenvalue weighted by molar-refractivity contribution is 0.0950. The summed E-state index contributed by atoms with van der Waals surface area (Å²) >= 11 is 0. The minimum absolute atomic E-state index is 0.197. The van der Waals surface area contributed by atoms with Crippen molar-refractivity contribution in [3.63, 3.8) is 0 Å². The topological polar surface area (TPSA) is 57.8 Å². The minimum atomic E-state index is -1.59. The van der Waals surface area contributed by atoms with Gasteiger partial charge >= 0.3 is 0 Å². The highest BCUT2D eigenvalue weighted by molar-refractivity contribution is 5.94. The van der Waals surface area contributed by atoms with E-state index in [1.807, 2.05) is 12.1 Å². The van der Waals surface area contributed by atoms with Crippen LogP contribution in [-0.2, 0) is 6.54 Å². The van der Waals surface area contributed by atoms with Crippen LogP contribution in [0.4, 0.5) is 13.2 Å². The molecule has 1 aliphatic rings. The summed E-state index contributed by atoms with van der Waals surface area (Å²) in [7, 11) is 0. The summed E-state index contributed by atoms with van der Waals surface area (Å²) in [6, 6.07) is 5.34. The van der Waals surface area contributed by atoms with E-state index in [0.29, 0.717) is 18.1 Å². The summed E-state index contributed by atoms with van der Waals surface area (Å²) in [5.74, 6) is -4.57. The van der Waals surface area contributed by atoms with Gasteiger partial charge in [-0.15, -0.1) is 0 Å². The van der Waals surface area contributed by atoms with Gasteiger partial charge in [0.2, 0.25) is 0 Å². The van der Waals surface area contributed by atoms with Crippen LogP contribution >= 0.6 is 0 Å². The smallest absolute Gasteiger partial charge is 0.251 e. The first-order valence-corrected chi connectivity index (χ1v) is 7.92. The second-order valence-corrected chi connectivity index (χ2v) is 6.18. The summed E-state index contributed by atoms with van der Waals surface area (Å²) in [6.45, 7) is 0.197. The Morgan fingerprint density at radius 1 is 1.20 bits per heavy atom. The number of amides is 1. The van der Waals surface area contributed by atoms with Crippen LogP contribution in [0.1, 0.15) is 40.2 Å². The summed E-state index contributed by atoms with van der Waals surface area (Å²) in [5, 5.41) is 10.5.